The molecule has 2 amide bonds. The summed E-state index contributed by atoms with van der Waals surface area (Å²) in [5.74, 6) is 1.12. The van der Waals surface area contributed by atoms with Crippen molar-refractivity contribution in [1.82, 2.24) is 5.32 Å². The molecule has 3 heteroatoms. The van der Waals surface area contributed by atoms with Crippen LogP contribution in [-0.2, 0) is 0 Å². The number of rotatable bonds is 3. The van der Waals surface area contributed by atoms with E-state index in [2.05, 4.69) is 42.7 Å². The SMILES string of the molecule is CNC(=O)Nc1cc(C(C)C)ccc1C1CC1. The van der Waals surface area contributed by atoms with Crippen LogP contribution in [0.2, 0.25) is 0 Å². The number of urea groups is 1. The van der Waals surface area contributed by atoms with Gasteiger partial charge in [0.1, 0.15) is 0 Å². The largest absolute Gasteiger partial charge is 0.341 e. The van der Waals surface area contributed by atoms with Gasteiger partial charge in [0.2, 0.25) is 0 Å². The van der Waals surface area contributed by atoms with Gasteiger partial charge in [-0.25, -0.2) is 4.79 Å². The van der Waals surface area contributed by atoms with Crippen LogP contribution < -0.4 is 10.6 Å². The molecule has 1 aromatic rings. The molecule has 0 saturated heterocycles. The Morgan fingerprint density at radius 1 is 1.35 bits per heavy atom. The Labute approximate surface area is 103 Å². The zero-order chi connectivity index (χ0) is 12.4. The molecule has 0 unspecified atom stereocenters. The third-order valence-corrected chi connectivity index (χ3v) is 3.24. The number of carbonyl (C=O) groups excluding carboxylic acids is 1. The number of hydrogen-bond donors (Lipinski definition) is 2. The molecule has 0 aromatic heterocycles. The minimum absolute atomic E-state index is 0.146. The topological polar surface area (TPSA) is 41.1 Å². The fourth-order valence-corrected chi connectivity index (χ4v) is 1.98. The molecule has 0 bridgehead atoms. The summed E-state index contributed by atoms with van der Waals surface area (Å²) in [5.41, 5.74) is 3.51. The number of benzene rings is 1. The van der Waals surface area contributed by atoms with E-state index in [1.54, 1.807) is 7.05 Å². The minimum Gasteiger partial charge on any atom is -0.341 e. The molecule has 3 nitrogen and oxygen atoms in total. The molecule has 2 N–H and O–H groups in total. The molecule has 0 radical (unpaired) electrons. The van der Waals surface area contributed by atoms with Crippen LogP contribution in [0.1, 0.15) is 49.7 Å². The van der Waals surface area contributed by atoms with Crippen LogP contribution >= 0.6 is 0 Å². The Bertz CT molecular complexity index is 422. The monoisotopic (exact) mass is 232 g/mol. The van der Waals surface area contributed by atoms with Crippen LogP contribution in [0.3, 0.4) is 0 Å². The third kappa shape index (κ3) is 2.78. The number of nitrogens with one attached hydrogen (secondary N) is 2. The molecule has 1 fully saturated rings. The number of anilines is 1. The lowest BCUT2D eigenvalue weighted by molar-refractivity contribution is 0.254. The van der Waals surface area contributed by atoms with Gasteiger partial charge in [0, 0.05) is 12.7 Å². The fourth-order valence-electron chi connectivity index (χ4n) is 1.98. The lowest BCUT2D eigenvalue weighted by atomic mass is 9.98. The first-order valence-electron chi connectivity index (χ1n) is 6.24. The molecule has 17 heavy (non-hydrogen) atoms. The van der Waals surface area contributed by atoms with Crippen molar-refractivity contribution < 1.29 is 4.79 Å². The van der Waals surface area contributed by atoms with E-state index in [9.17, 15) is 4.79 Å². The predicted molar refractivity (Wildman–Crippen MR) is 70.6 cm³/mol. The normalized spacial score (nSPS) is 14.8. The van der Waals surface area contributed by atoms with Gasteiger partial charge >= 0.3 is 6.03 Å². The fraction of sp³-hybridized carbons (Fsp3) is 0.500. The molecular formula is C14H20N2O. The Morgan fingerprint density at radius 2 is 2.06 bits per heavy atom. The van der Waals surface area contributed by atoms with E-state index in [1.807, 2.05) is 0 Å². The van der Waals surface area contributed by atoms with Crippen LogP contribution in [0, 0.1) is 0 Å². The maximum Gasteiger partial charge on any atom is 0.318 e. The number of amides is 2. The van der Waals surface area contributed by atoms with Gasteiger partial charge in [-0.3, -0.25) is 0 Å². The average Bonchev–Trinajstić information content (AvgIpc) is 3.12. The number of hydrogen-bond acceptors (Lipinski definition) is 1. The molecule has 0 spiro atoms. The van der Waals surface area contributed by atoms with E-state index < -0.39 is 0 Å². The van der Waals surface area contributed by atoms with Crippen LogP contribution in [0.4, 0.5) is 10.5 Å². The lowest BCUT2D eigenvalue weighted by Crippen LogP contribution is -2.25. The minimum atomic E-state index is -0.146. The number of carbonyl (C=O) groups is 1. The van der Waals surface area contributed by atoms with Crippen LogP contribution in [0.5, 0.6) is 0 Å². The quantitative estimate of drug-likeness (QED) is 0.823. The molecule has 0 atom stereocenters. The Kier molecular flexibility index (Phi) is 3.36. The van der Waals surface area contributed by atoms with Gasteiger partial charge in [0.15, 0.2) is 0 Å². The van der Waals surface area contributed by atoms with E-state index in [0.29, 0.717) is 11.8 Å². The summed E-state index contributed by atoms with van der Waals surface area (Å²) in [6.07, 6.45) is 2.48. The first kappa shape index (κ1) is 12.0. The maximum atomic E-state index is 11.4. The van der Waals surface area contributed by atoms with E-state index in [1.165, 1.54) is 24.0 Å². The first-order chi connectivity index (χ1) is 8.11. The summed E-state index contributed by atoms with van der Waals surface area (Å²) >= 11 is 0. The molecule has 0 aliphatic heterocycles. The first-order valence-corrected chi connectivity index (χ1v) is 6.24. The molecule has 2 rings (SSSR count). The Hall–Kier alpha value is -1.51. The van der Waals surface area contributed by atoms with Gasteiger partial charge < -0.3 is 10.6 Å². The zero-order valence-electron chi connectivity index (χ0n) is 10.7. The van der Waals surface area contributed by atoms with Crippen LogP contribution in [0.25, 0.3) is 0 Å². The highest BCUT2D eigenvalue weighted by Gasteiger charge is 2.26. The molecule has 92 valence electrons. The van der Waals surface area contributed by atoms with Crippen molar-refractivity contribution >= 4 is 11.7 Å². The van der Waals surface area contributed by atoms with Gasteiger partial charge in [-0.15, -0.1) is 0 Å². The van der Waals surface area contributed by atoms with Crippen LogP contribution in [0.15, 0.2) is 18.2 Å². The van der Waals surface area contributed by atoms with Crippen molar-refractivity contribution in [2.45, 2.75) is 38.5 Å². The van der Waals surface area contributed by atoms with E-state index >= 15 is 0 Å². The molecule has 1 saturated carbocycles. The Morgan fingerprint density at radius 3 is 2.59 bits per heavy atom. The highest BCUT2D eigenvalue weighted by atomic mass is 16.2. The van der Waals surface area contributed by atoms with Crippen molar-refractivity contribution in [2.24, 2.45) is 0 Å². The van der Waals surface area contributed by atoms with E-state index in [0.717, 1.165) is 5.69 Å². The summed E-state index contributed by atoms with van der Waals surface area (Å²) < 4.78 is 0. The summed E-state index contributed by atoms with van der Waals surface area (Å²) in [6, 6.07) is 6.30. The summed E-state index contributed by atoms with van der Waals surface area (Å²) in [4.78, 5) is 11.4. The third-order valence-electron chi connectivity index (χ3n) is 3.24. The van der Waals surface area contributed by atoms with E-state index in [4.69, 9.17) is 0 Å². The van der Waals surface area contributed by atoms with Gasteiger partial charge in [-0.05, 0) is 41.9 Å². The average molecular weight is 232 g/mol. The van der Waals surface area contributed by atoms with Gasteiger partial charge in [0.25, 0.3) is 0 Å². The standard InChI is InChI=1S/C14H20N2O/c1-9(2)11-6-7-12(10-4-5-10)13(8-11)16-14(17)15-3/h6-10H,4-5H2,1-3H3,(H2,15,16,17). The Balaban J connectivity index is 2.29. The molecule has 1 aliphatic rings. The molecule has 1 aromatic carbocycles. The van der Waals surface area contributed by atoms with E-state index in [-0.39, 0.29) is 6.03 Å². The smallest absolute Gasteiger partial charge is 0.318 e. The predicted octanol–water partition coefficient (Wildman–Crippen LogP) is 3.44. The van der Waals surface area contributed by atoms with Crippen molar-refractivity contribution in [2.75, 3.05) is 12.4 Å². The second-order valence-corrected chi connectivity index (χ2v) is 4.98. The van der Waals surface area contributed by atoms with Crippen molar-refractivity contribution in [1.29, 1.82) is 0 Å². The van der Waals surface area contributed by atoms with Crippen molar-refractivity contribution in [3.63, 3.8) is 0 Å². The second kappa shape index (κ2) is 4.78. The maximum absolute atomic E-state index is 11.4. The second-order valence-electron chi connectivity index (χ2n) is 4.98. The van der Waals surface area contributed by atoms with Crippen LogP contribution in [-0.4, -0.2) is 13.1 Å². The molecule has 1 aliphatic carbocycles. The van der Waals surface area contributed by atoms with Crippen molar-refractivity contribution in [3.05, 3.63) is 29.3 Å². The van der Waals surface area contributed by atoms with Crippen molar-refractivity contribution in [3.8, 4) is 0 Å². The highest BCUT2D eigenvalue weighted by molar-refractivity contribution is 5.90. The van der Waals surface area contributed by atoms with Gasteiger partial charge in [-0.1, -0.05) is 26.0 Å². The zero-order valence-corrected chi connectivity index (χ0v) is 10.7. The summed E-state index contributed by atoms with van der Waals surface area (Å²) in [7, 11) is 1.64. The summed E-state index contributed by atoms with van der Waals surface area (Å²) in [6.45, 7) is 4.33. The molecular weight excluding hydrogens is 212 g/mol. The molecule has 0 heterocycles. The highest BCUT2D eigenvalue weighted by Crippen LogP contribution is 2.44. The summed E-state index contributed by atoms with van der Waals surface area (Å²) in [5, 5.41) is 5.53. The van der Waals surface area contributed by atoms with Gasteiger partial charge in [-0.2, -0.15) is 0 Å². The van der Waals surface area contributed by atoms with Gasteiger partial charge in [0.05, 0.1) is 0 Å². The lowest BCUT2D eigenvalue weighted by Gasteiger charge is -2.14.